The Morgan fingerprint density at radius 2 is 2.00 bits per heavy atom. The molecule has 40 valence electrons. The van der Waals surface area contributed by atoms with Crippen molar-refractivity contribution < 1.29 is 5.11 Å². The summed E-state index contributed by atoms with van der Waals surface area (Å²) in [6, 6.07) is 8.58. The van der Waals surface area contributed by atoms with Crippen molar-refractivity contribution in [2.75, 3.05) is 0 Å². The van der Waals surface area contributed by atoms with Gasteiger partial charge in [-0.05, 0) is 22.0 Å². The van der Waals surface area contributed by atoms with Gasteiger partial charge in [0.15, 0.2) is 0 Å². The van der Waals surface area contributed by atoms with Crippen LogP contribution in [-0.2, 0) is 0 Å². The number of hydrogen-bond acceptors (Lipinski definition) is 1. The van der Waals surface area contributed by atoms with Crippen molar-refractivity contribution in [3.8, 4) is 5.75 Å². The number of aromatic hydroxyl groups is 1. The number of phenols is 1. The van der Waals surface area contributed by atoms with Gasteiger partial charge in [0.05, 0.1) is 4.47 Å². The highest BCUT2D eigenvalue weighted by molar-refractivity contribution is 9.10. The van der Waals surface area contributed by atoms with Crippen molar-refractivity contribution in [3.05, 3.63) is 28.7 Å². The lowest BCUT2D eigenvalue weighted by Crippen LogP contribution is -1.65. The Balaban J connectivity index is 3.13. The molecule has 0 spiro atoms. The average Bonchev–Trinajstić information content (AvgIpc) is 1.77. The Morgan fingerprint density at radius 3 is 2.38 bits per heavy atom. The summed E-state index contributed by atoms with van der Waals surface area (Å²) in [6.07, 6.45) is 0. The molecule has 0 amide bonds. The van der Waals surface area contributed by atoms with Crippen molar-refractivity contribution in [2.45, 2.75) is 0 Å². The molecular weight excluding hydrogens is 168 g/mol. The van der Waals surface area contributed by atoms with Crippen LogP contribution in [0.4, 0.5) is 0 Å². The molecule has 0 saturated heterocycles. The molecule has 0 aliphatic carbocycles. The highest BCUT2D eigenvalue weighted by Gasteiger charge is 1.90. The second-order valence-corrected chi connectivity index (χ2v) is 2.08. The van der Waals surface area contributed by atoms with Crippen molar-refractivity contribution in [3.63, 3.8) is 0 Å². The maximum Gasteiger partial charge on any atom is 0.138 e. The summed E-state index contributed by atoms with van der Waals surface area (Å²) in [5.41, 5.74) is 0. The smallest absolute Gasteiger partial charge is 0.138 e. The van der Waals surface area contributed by atoms with Gasteiger partial charge in [-0.3, -0.25) is 0 Å². The van der Waals surface area contributed by atoms with Gasteiger partial charge in [-0.15, -0.1) is 0 Å². The Morgan fingerprint density at radius 1 is 1.38 bits per heavy atom. The molecule has 0 heterocycles. The Kier molecular flexibility index (Phi) is 1.53. The standard InChI is InChI=1S/C6H3BrO/c7-5-3-1-2-4-6(5)8/h1-2,8H. The van der Waals surface area contributed by atoms with Crippen LogP contribution in [0.15, 0.2) is 16.6 Å². The number of hydrogen-bond donors (Lipinski definition) is 1. The van der Waals surface area contributed by atoms with Crippen molar-refractivity contribution in [1.29, 1.82) is 0 Å². The third kappa shape index (κ3) is 1.01. The Bertz CT molecular complexity index is 165. The lowest BCUT2D eigenvalue weighted by atomic mass is 10.3. The third-order valence-electron chi connectivity index (χ3n) is 0.721. The normalized spacial score (nSPS) is 9.12. The predicted octanol–water partition coefficient (Wildman–Crippen LogP) is 1.76. The summed E-state index contributed by atoms with van der Waals surface area (Å²) in [6.45, 7) is 0. The zero-order valence-electron chi connectivity index (χ0n) is 3.98. The monoisotopic (exact) mass is 170 g/mol. The van der Waals surface area contributed by atoms with E-state index in [1.807, 2.05) is 0 Å². The van der Waals surface area contributed by atoms with E-state index in [2.05, 4.69) is 28.1 Å². The molecule has 1 aromatic carbocycles. The third-order valence-corrected chi connectivity index (χ3v) is 1.33. The van der Waals surface area contributed by atoms with E-state index in [0.29, 0.717) is 4.47 Å². The maximum absolute atomic E-state index is 8.79. The maximum atomic E-state index is 8.79. The fourth-order valence-corrected chi connectivity index (χ4v) is 0.614. The minimum atomic E-state index is 0.104. The van der Waals surface area contributed by atoms with Crippen molar-refractivity contribution >= 4 is 15.9 Å². The van der Waals surface area contributed by atoms with Gasteiger partial charge in [-0.1, -0.05) is 6.07 Å². The van der Waals surface area contributed by atoms with E-state index in [9.17, 15) is 0 Å². The lowest BCUT2D eigenvalue weighted by molar-refractivity contribution is 0.470. The molecule has 0 atom stereocenters. The zero-order chi connectivity index (χ0) is 5.98. The summed E-state index contributed by atoms with van der Waals surface area (Å²) in [7, 11) is 0. The lowest BCUT2D eigenvalue weighted by Gasteiger charge is -1.88. The van der Waals surface area contributed by atoms with E-state index in [-0.39, 0.29) is 5.75 Å². The van der Waals surface area contributed by atoms with E-state index >= 15 is 0 Å². The minimum absolute atomic E-state index is 0.104. The molecule has 0 aliphatic heterocycles. The molecule has 1 rings (SSSR count). The van der Waals surface area contributed by atoms with Gasteiger partial charge in [-0.25, -0.2) is 0 Å². The average molecular weight is 171 g/mol. The van der Waals surface area contributed by atoms with Gasteiger partial charge < -0.3 is 5.11 Å². The number of rotatable bonds is 0. The summed E-state index contributed by atoms with van der Waals surface area (Å²) in [4.78, 5) is 0. The topological polar surface area (TPSA) is 20.2 Å². The summed E-state index contributed by atoms with van der Waals surface area (Å²) < 4.78 is 0.556. The van der Waals surface area contributed by atoms with Crippen LogP contribution in [0.1, 0.15) is 0 Å². The number of phenolic OH excluding ortho intramolecular Hbond substituents is 1. The van der Waals surface area contributed by atoms with Crippen LogP contribution in [0.5, 0.6) is 5.75 Å². The molecule has 1 N–H and O–H groups in total. The largest absolute Gasteiger partial charge is 0.506 e. The molecular formula is C6H3BrO. The van der Waals surface area contributed by atoms with E-state index in [1.165, 1.54) is 0 Å². The zero-order valence-corrected chi connectivity index (χ0v) is 5.57. The molecule has 0 fully saturated rings. The van der Waals surface area contributed by atoms with Crippen LogP contribution in [0.3, 0.4) is 0 Å². The SMILES string of the molecule is Oc1[c]cc[c]c1Br. The molecule has 8 heavy (non-hydrogen) atoms. The summed E-state index contributed by atoms with van der Waals surface area (Å²) in [5, 5.41) is 8.79. The molecule has 1 nitrogen and oxygen atoms in total. The second-order valence-electron chi connectivity index (χ2n) is 1.28. The summed E-state index contributed by atoms with van der Waals surface area (Å²) >= 11 is 3.06. The first kappa shape index (κ1) is 5.63. The van der Waals surface area contributed by atoms with E-state index < -0.39 is 0 Å². The quantitative estimate of drug-likeness (QED) is 0.630. The van der Waals surface area contributed by atoms with E-state index in [4.69, 9.17) is 5.11 Å². The van der Waals surface area contributed by atoms with Crippen LogP contribution in [0.2, 0.25) is 0 Å². The molecule has 0 unspecified atom stereocenters. The molecule has 2 heteroatoms. The van der Waals surface area contributed by atoms with Crippen LogP contribution in [0.25, 0.3) is 0 Å². The van der Waals surface area contributed by atoms with Gasteiger partial charge in [0, 0.05) is 12.1 Å². The van der Waals surface area contributed by atoms with E-state index in [0.717, 1.165) is 0 Å². The highest BCUT2D eigenvalue weighted by atomic mass is 79.9. The van der Waals surface area contributed by atoms with Crippen LogP contribution >= 0.6 is 15.9 Å². The van der Waals surface area contributed by atoms with Crippen LogP contribution in [0, 0.1) is 12.1 Å². The Hall–Kier alpha value is -0.500. The van der Waals surface area contributed by atoms with Crippen molar-refractivity contribution in [1.82, 2.24) is 0 Å². The van der Waals surface area contributed by atoms with Crippen molar-refractivity contribution in [2.24, 2.45) is 0 Å². The highest BCUT2D eigenvalue weighted by Crippen LogP contribution is 2.19. The Labute approximate surface area is 56.1 Å². The molecule has 1 aromatic rings. The predicted molar refractivity (Wildman–Crippen MR) is 33.5 cm³/mol. The molecule has 0 saturated carbocycles. The molecule has 0 bridgehead atoms. The number of halogens is 1. The first-order chi connectivity index (χ1) is 3.80. The van der Waals surface area contributed by atoms with Crippen LogP contribution in [-0.4, -0.2) is 5.11 Å². The van der Waals surface area contributed by atoms with Crippen LogP contribution < -0.4 is 0 Å². The molecule has 0 aliphatic rings. The number of benzene rings is 1. The minimum Gasteiger partial charge on any atom is -0.506 e. The fraction of sp³-hybridized carbons (Fsp3) is 0. The van der Waals surface area contributed by atoms with Gasteiger partial charge in [0.2, 0.25) is 0 Å². The van der Waals surface area contributed by atoms with Gasteiger partial charge >= 0.3 is 0 Å². The fourth-order valence-electron chi connectivity index (χ4n) is 0.367. The first-order valence-electron chi connectivity index (χ1n) is 2.07. The second kappa shape index (κ2) is 2.18. The first-order valence-corrected chi connectivity index (χ1v) is 2.87. The summed E-state index contributed by atoms with van der Waals surface area (Å²) in [5.74, 6) is 0.104. The van der Waals surface area contributed by atoms with Gasteiger partial charge in [0.1, 0.15) is 5.75 Å². The molecule has 0 aromatic heterocycles. The molecule has 2 radical (unpaired) electrons. The van der Waals surface area contributed by atoms with Gasteiger partial charge in [0.25, 0.3) is 0 Å². The van der Waals surface area contributed by atoms with Gasteiger partial charge in [-0.2, -0.15) is 0 Å². The van der Waals surface area contributed by atoms with E-state index in [1.54, 1.807) is 12.1 Å².